The maximum absolute atomic E-state index is 12.1. The van der Waals surface area contributed by atoms with E-state index in [0.29, 0.717) is 18.0 Å². The Bertz CT molecular complexity index is 593. The third-order valence-electron chi connectivity index (χ3n) is 4.22. The SMILES string of the molecule is COc1ccc(N(CC(=O)NCCC2=CCCCC2)C(C)=O)cc1. The predicted molar refractivity (Wildman–Crippen MR) is 95.2 cm³/mol. The second kappa shape index (κ2) is 9.11. The van der Waals surface area contributed by atoms with Crippen LogP contribution in [0.3, 0.4) is 0 Å². The van der Waals surface area contributed by atoms with E-state index in [1.165, 1.54) is 30.2 Å². The average Bonchev–Trinajstić information content (AvgIpc) is 2.60. The van der Waals surface area contributed by atoms with Gasteiger partial charge in [0.25, 0.3) is 0 Å². The quantitative estimate of drug-likeness (QED) is 0.782. The van der Waals surface area contributed by atoms with Crippen molar-refractivity contribution in [3.63, 3.8) is 0 Å². The molecule has 0 atom stereocenters. The van der Waals surface area contributed by atoms with Crippen LogP contribution < -0.4 is 15.0 Å². The minimum atomic E-state index is -0.162. The van der Waals surface area contributed by atoms with E-state index >= 15 is 0 Å². The highest BCUT2D eigenvalue weighted by molar-refractivity contribution is 5.97. The molecule has 2 rings (SSSR count). The molecule has 130 valence electrons. The molecule has 0 bridgehead atoms. The second-order valence-corrected chi connectivity index (χ2v) is 6.01. The van der Waals surface area contributed by atoms with Gasteiger partial charge in [-0.05, 0) is 56.4 Å². The van der Waals surface area contributed by atoms with Crippen molar-refractivity contribution >= 4 is 17.5 Å². The van der Waals surface area contributed by atoms with Crippen LogP contribution in [-0.2, 0) is 9.59 Å². The molecule has 0 unspecified atom stereocenters. The normalized spacial score (nSPS) is 13.8. The zero-order valence-corrected chi connectivity index (χ0v) is 14.5. The average molecular weight is 330 g/mol. The van der Waals surface area contributed by atoms with Gasteiger partial charge in [-0.2, -0.15) is 0 Å². The standard InChI is InChI=1S/C19H26N2O3/c1-15(22)21(17-8-10-18(24-2)11-9-17)14-19(23)20-13-12-16-6-4-3-5-7-16/h6,8-11H,3-5,7,12-14H2,1-2H3,(H,20,23). The molecule has 0 saturated heterocycles. The number of nitrogens with zero attached hydrogens (tertiary/aromatic N) is 1. The van der Waals surface area contributed by atoms with Crippen LogP contribution in [0.4, 0.5) is 5.69 Å². The van der Waals surface area contributed by atoms with E-state index in [1.54, 1.807) is 31.4 Å². The summed E-state index contributed by atoms with van der Waals surface area (Å²) in [6.07, 6.45) is 7.99. The number of allylic oxidation sites excluding steroid dienone is 1. The van der Waals surface area contributed by atoms with Crippen LogP contribution >= 0.6 is 0 Å². The molecule has 5 nitrogen and oxygen atoms in total. The largest absolute Gasteiger partial charge is 0.497 e. The van der Waals surface area contributed by atoms with Gasteiger partial charge in [-0.25, -0.2) is 0 Å². The highest BCUT2D eigenvalue weighted by Crippen LogP contribution is 2.20. The Morgan fingerprint density at radius 3 is 2.54 bits per heavy atom. The molecule has 0 heterocycles. The van der Waals surface area contributed by atoms with Crippen molar-refractivity contribution in [3.05, 3.63) is 35.9 Å². The highest BCUT2D eigenvalue weighted by atomic mass is 16.5. The summed E-state index contributed by atoms with van der Waals surface area (Å²) in [6, 6.07) is 7.11. The minimum Gasteiger partial charge on any atom is -0.497 e. The van der Waals surface area contributed by atoms with E-state index in [-0.39, 0.29) is 18.4 Å². The molecule has 2 amide bonds. The first-order valence-electron chi connectivity index (χ1n) is 8.47. The van der Waals surface area contributed by atoms with Gasteiger partial charge >= 0.3 is 0 Å². The van der Waals surface area contributed by atoms with E-state index in [2.05, 4.69) is 11.4 Å². The summed E-state index contributed by atoms with van der Waals surface area (Å²) in [5, 5.41) is 2.91. The Morgan fingerprint density at radius 1 is 1.21 bits per heavy atom. The number of hydrogen-bond acceptors (Lipinski definition) is 3. The van der Waals surface area contributed by atoms with Crippen molar-refractivity contribution in [2.75, 3.05) is 25.1 Å². The third kappa shape index (κ3) is 5.41. The molecule has 1 aromatic rings. The number of benzene rings is 1. The summed E-state index contributed by atoms with van der Waals surface area (Å²) < 4.78 is 5.11. The van der Waals surface area contributed by atoms with Crippen molar-refractivity contribution in [1.29, 1.82) is 0 Å². The minimum absolute atomic E-state index is 0.0285. The fourth-order valence-electron chi connectivity index (χ4n) is 2.84. The van der Waals surface area contributed by atoms with Gasteiger partial charge < -0.3 is 15.0 Å². The molecular weight excluding hydrogens is 304 g/mol. The number of anilines is 1. The molecule has 24 heavy (non-hydrogen) atoms. The van der Waals surface area contributed by atoms with Crippen LogP contribution in [0, 0.1) is 0 Å². The van der Waals surface area contributed by atoms with Crippen LogP contribution in [-0.4, -0.2) is 32.0 Å². The molecule has 0 aromatic heterocycles. The number of nitrogens with one attached hydrogen (secondary N) is 1. The lowest BCUT2D eigenvalue weighted by Gasteiger charge is -2.21. The molecule has 1 N–H and O–H groups in total. The molecule has 5 heteroatoms. The number of carbonyl (C=O) groups excluding carboxylic acids is 2. The lowest BCUT2D eigenvalue weighted by atomic mass is 9.97. The Kier molecular flexibility index (Phi) is 6.85. The number of carbonyl (C=O) groups is 2. The summed E-state index contributed by atoms with van der Waals surface area (Å²) in [4.78, 5) is 25.5. The Hall–Kier alpha value is -2.30. The molecule has 0 radical (unpaired) electrons. The second-order valence-electron chi connectivity index (χ2n) is 6.01. The van der Waals surface area contributed by atoms with Crippen molar-refractivity contribution in [2.45, 2.75) is 39.0 Å². The van der Waals surface area contributed by atoms with Gasteiger partial charge in [0.05, 0.1) is 7.11 Å². The fraction of sp³-hybridized carbons (Fsp3) is 0.474. The highest BCUT2D eigenvalue weighted by Gasteiger charge is 2.15. The predicted octanol–water partition coefficient (Wildman–Crippen LogP) is 3.05. The van der Waals surface area contributed by atoms with Gasteiger partial charge in [-0.3, -0.25) is 9.59 Å². The summed E-state index contributed by atoms with van der Waals surface area (Å²) in [6.45, 7) is 2.12. The summed E-state index contributed by atoms with van der Waals surface area (Å²) in [5.74, 6) is 0.412. The summed E-state index contributed by atoms with van der Waals surface area (Å²) in [7, 11) is 1.59. The first-order valence-corrected chi connectivity index (χ1v) is 8.47. The lowest BCUT2D eigenvalue weighted by Crippen LogP contribution is -2.40. The molecule has 1 aliphatic rings. The number of rotatable bonds is 7. The number of ether oxygens (including phenoxy) is 1. The van der Waals surface area contributed by atoms with E-state index in [4.69, 9.17) is 4.74 Å². The zero-order valence-electron chi connectivity index (χ0n) is 14.5. The molecular formula is C19H26N2O3. The van der Waals surface area contributed by atoms with Crippen LogP contribution in [0.25, 0.3) is 0 Å². The van der Waals surface area contributed by atoms with Gasteiger partial charge in [-0.15, -0.1) is 0 Å². The van der Waals surface area contributed by atoms with Crippen LogP contribution in [0.1, 0.15) is 39.0 Å². The molecule has 0 fully saturated rings. The molecule has 0 spiro atoms. The van der Waals surface area contributed by atoms with Gasteiger partial charge in [0.1, 0.15) is 12.3 Å². The van der Waals surface area contributed by atoms with Gasteiger partial charge in [-0.1, -0.05) is 11.6 Å². The van der Waals surface area contributed by atoms with Crippen LogP contribution in [0.2, 0.25) is 0 Å². The van der Waals surface area contributed by atoms with E-state index in [9.17, 15) is 9.59 Å². The Balaban J connectivity index is 1.86. The lowest BCUT2D eigenvalue weighted by molar-refractivity contribution is -0.123. The zero-order chi connectivity index (χ0) is 17.4. The fourth-order valence-corrected chi connectivity index (χ4v) is 2.84. The number of methoxy groups -OCH3 is 1. The van der Waals surface area contributed by atoms with Gasteiger partial charge in [0, 0.05) is 19.2 Å². The van der Waals surface area contributed by atoms with Crippen molar-refractivity contribution < 1.29 is 14.3 Å². The maximum Gasteiger partial charge on any atom is 0.240 e. The summed E-state index contributed by atoms with van der Waals surface area (Å²) >= 11 is 0. The van der Waals surface area contributed by atoms with Crippen molar-refractivity contribution in [2.24, 2.45) is 0 Å². The topological polar surface area (TPSA) is 58.6 Å². The molecule has 0 aliphatic heterocycles. The Labute approximate surface area is 143 Å². The first-order chi connectivity index (χ1) is 11.6. The van der Waals surface area contributed by atoms with Crippen LogP contribution in [0.15, 0.2) is 35.9 Å². The maximum atomic E-state index is 12.1. The number of hydrogen-bond donors (Lipinski definition) is 1. The van der Waals surface area contributed by atoms with Crippen molar-refractivity contribution in [1.82, 2.24) is 5.32 Å². The number of amides is 2. The van der Waals surface area contributed by atoms with E-state index < -0.39 is 0 Å². The van der Waals surface area contributed by atoms with E-state index in [1.807, 2.05) is 0 Å². The van der Waals surface area contributed by atoms with Crippen molar-refractivity contribution in [3.8, 4) is 5.75 Å². The Morgan fingerprint density at radius 2 is 1.96 bits per heavy atom. The molecule has 0 saturated carbocycles. The summed E-state index contributed by atoms with van der Waals surface area (Å²) in [5.41, 5.74) is 2.12. The molecule has 1 aliphatic carbocycles. The smallest absolute Gasteiger partial charge is 0.240 e. The third-order valence-corrected chi connectivity index (χ3v) is 4.22. The van der Waals surface area contributed by atoms with Gasteiger partial charge in [0.2, 0.25) is 11.8 Å². The van der Waals surface area contributed by atoms with Gasteiger partial charge in [0.15, 0.2) is 0 Å². The molecule has 1 aromatic carbocycles. The first kappa shape index (κ1) is 18.0. The van der Waals surface area contributed by atoms with Crippen LogP contribution in [0.5, 0.6) is 5.75 Å². The van der Waals surface area contributed by atoms with E-state index in [0.717, 1.165) is 19.3 Å². The monoisotopic (exact) mass is 330 g/mol.